The maximum Gasteiger partial charge on any atom is 0.274 e. The van der Waals surface area contributed by atoms with Crippen molar-refractivity contribution >= 4 is 29.1 Å². The van der Waals surface area contributed by atoms with Gasteiger partial charge in [-0.1, -0.05) is 23.7 Å². The number of carbonyl (C=O) groups excluding carboxylic acids is 2. The molecule has 2 amide bonds. The topological polar surface area (TPSA) is 71.1 Å². The number of aromatic nitrogens is 1. The minimum atomic E-state index is -0.408. The third kappa shape index (κ3) is 3.43. The van der Waals surface area contributed by atoms with Crippen molar-refractivity contribution in [3.63, 3.8) is 0 Å². The van der Waals surface area contributed by atoms with Crippen molar-refractivity contribution in [3.05, 3.63) is 58.9 Å². The first kappa shape index (κ1) is 14.5. The summed E-state index contributed by atoms with van der Waals surface area (Å²) in [5, 5.41) is 6.04. The first-order valence-electron chi connectivity index (χ1n) is 6.96. The van der Waals surface area contributed by atoms with E-state index in [1.807, 2.05) is 0 Å². The Balaban J connectivity index is 1.79. The lowest BCUT2D eigenvalue weighted by atomic mass is 10.1. The van der Waals surface area contributed by atoms with Crippen LogP contribution in [-0.4, -0.2) is 22.8 Å². The van der Waals surface area contributed by atoms with Crippen molar-refractivity contribution in [1.82, 2.24) is 10.3 Å². The summed E-state index contributed by atoms with van der Waals surface area (Å²) in [6.45, 7) is 0. The van der Waals surface area contributed by atoms with Crippen LogP contribution in [0.4, 0.5) is 5.69 Å². The molecular formula is C16H14ClN3O2. The Morgan fingerprint density at radius 1 is 1.14 bits per heavy atom. The number of para-hydroxylation sites is 1. The molecule has 0 saturated heterocycles. The summed E-state index contributed by atoms with van der Waals surface area (Å²) in [5.74, 6) is -0.591. The van der Waals surface area contributed by atoms with Gasteiger partial charge in [-0.05, 0) is 37.1 Å². The summed E-state index contributed by atoms with van der Waals surface area (Å²) < 4.78 is 0. The maximum absolute atomic E-state index is 12.2. The second-order valence-electron chi connectivity index (χ2n) is 5.11. The molecule has 1 aliphatic rings. The third-order valence-electron chi connectivity index (χ3n) is 3.29. The number of carbonyl (C=O) groups is 2. The number of amides is 2. The Bertz CT molecular complexity index is 729. The summed E-state index contributed by atoms with van der Waals surface area (Å²) in [4.78, 5) is 28.4. The van der Waals surface area contributed by atoms with Crippen molar-refractivity contribution in [2.24, 2.45) is 0 Å². The van der Waals surface area contributed by atoms with Gasteiger partial charge in [0.2, 0.25) is 0 Å². The molecule has 0 bridgehead atoms. The minimum Gasteiger partial charge on any atom is -0.349 e. The number of rotatable bonds is 4. The zero-order valence-corrected chi connectivity index (χ0v) is 12.4. The van der Waals surface area contributed by atoms with Crippen LogP contribution in [0.25, 0.3) is 0 Å². The summed E-state index contributed by atoms with van der Waals surface area (Å²) in [6, 6.07) is 10.2. The predicted molar refractivity (Wildman–Crippen MR) is 84.1 cm³/mol. The van der Waals surface area contributed by atoms with E-state index in [0.717, 1.165) is 12.8 Å². The number of pyridine rings is 1. The molecule has 6 heteroatoms. The van der Waals surface area contributed by atoms with E-state index in [-0.39, 0.29) is 17.6 Å². The number of benzene rings is 1. The molecular weight excluding hydrogens is 302 g/mol. The van der Waals surface area contributed by atoms with Gasteiger partial charge >= 0.3 is 0 Å². The van der Waals surface area contributed by atoms with Crippen LogP contribution < -0.4 is 10.6 Å². The van der Waals surface area contributed by atoms with Gasteiger partial charge in [0.25, 0.3) is 11.8 Å². The fourth-order valence-electron chi connectivity index (χ4n) is 2.00. The zero-order valence-electron chi connectivity index (χ0n) is 11.7. The summed E-state index contributed by atoms with van der Waals surface area (Å²) in [7, 11) is 0. The molecule has 112 valence electrons. The van der Waals surface area contributed by atoms with Crippen molar-refractivity contribution < 1.29 is 9.59 Å². The average Bonchev–Trinajstić information content (AvgIpc) is 3.31. The van der Waals surface area contributed by atoms with Crippen LogP contribution in [0.15, 0.2) is 42.6 Å². The Labute approximate surface area is 132 Å². The molecule has 3 rings (SSSR count). The number of nitrogens with one attached hydrogen (secondary N) is 2. The second-order valence-corrected chi connectivity index (χ2v) is 5.54. The molecule has 0 aliphatic heterocycles. The largest absolute Gasteiger partial charge is 0.349 e. The van der Waals surface area contributed by atoms with Crippen LogP contribution in [0, 0.1) is 0 Å². The van der Waals surface area contributed by atoms with E-state index < -0.39 is 5.91 Å². The highest BCUT2D eigenvalue weighted by Crippen LogP contribution is 2.22. The first-order chi connectivity index (χ1) is 10.6. The number of hydrogen-bond donors (Lipinski definition) is 2. The van der Waals surface area contributed by atoms with E-state index in [2.05, 4.69) is 15.6 Å². The molecule has 1 aromatic carbocycles. The highest BCUT2D eigenvalue weighted by atomic mass is 35.5. The monoisotopic (exact) mass is 315 g/mol. The molecule has 22 heavy (non-hydrogen) atoms. The molecule has 0 radical (unpaired) electrons. The summed E-state index contributed by atoms with van der Waals surface area (Å²) >= 11 is 5.85. The van der Waals surface area contributed by atoms with Crippen LogP contribution in [0.2, 0.25) is 5.02 Å². The van der Waals surface area contributed by atoms with Crippen LogP contribution >= 0.6 is 11.6 Å². The lowest BCUT2D eigenvalue weighted by molar-refractivity contribution is 0.0952. The standard InChI is InChI=1S/C16H14ClN3O2/c17-10-7-8-18-14(9-10)16(22)20-13-4-2-1-3-12(13)15(21)19-11-5-6-11/h1-4,7-9,11H,5-6H2,(H,19,21)(H,20,22). The van der Waals surface area contributed by atoms with Gasteiger partial charge < -0.3 is 10.6 Å². The van der Waals surface area contributed by atoms with Gasteiger partial charge in [-0.3, -0.25) is 14.6 Å². The van der Waals surface area contributed by atoms with Crippen LogP contribution in [0.1, 0.15) is 33.7 Å². The maximum atomic E-state index is 12.2. The van der Waals surface area contributed by atoms with Crippen LogP contribution in [-0.2, 0) is 0 Å². The lowest BCUT2D eigenvalue weighted by Crippen LogP contribution is -2.27. The van der Waals surface area contributed by atoms with Gasteiger partial charge in [-0.2, -0.15) is 0 Å². The normalized spacial score (nSPS) is 13.5. The van der Waals surface area contributed by atoms with Crippen molar-refractivity contribution in [1.29, 1.82) is 0 Å². The Hall–Kier alpha value is -2.40. The van der Waals surface area contributed by atoms with Gasteiger partial charge in [-0.25, -0.2) is 0 Å². The highest BCUT2D eigenvalue weighted by molar-refractivity contribution is 6.31. The fraction of sp³-hybridized carbons (Fsp3) is 0.188. The van der Waals surface area contributed by atoms with Gasteiger partial charge in [0, 0.05) is 17.3 Å². The molecule has 2 N–H and O–H groups in total. The SMILES string of the molecule is O=C(Nc1ccccc1C(=O)NC1CC1)c1cc(Cl)ccn1. The van der Waals surface area contributed by atoms with E-state index in [1.54, 1.807) is 30.3 Å². The van der Waals surface area contributed by atoms with Gasteiger partial charge in [0.05, 0.1) is 11.3 Å². The Kier molecular flexibility index (Phi) is 4.06. The second kappa shape index (κ2) is 6.15. The molecule has 0 unspecified atom stereocenters. The van der Waals surface area contributed by atoms with E-state index in [4.69, 9.17) is 11.6 Å². The van der Waals surface area contributed by atoms with Gasteiger partial charge in [-0.15, -0.1) is 0 Å². The number of nitrogens with zero attached hydrogens (tertiary/aromatic N) is 1. The predicted octanol–water partition coefficient (Wildman–Crippen LogP) is 2.88. The number of halogens is 1. The minimum absolute atomic E-state index is 0.183. The van der Waals surface area contributed by atoms with Gasteiger partial charge in [0.15, 0.2) is 0 Å². The lowest BCUT2D eigenvalue weighted by Gasteiger charge is -2.11. The number of hydrogen-bond acceptors (Lipinski definition) is 3. The van der Waals surface area contributed by atoms with E-state index in [9.17, 15) is 9.59 Å². The Morgan fingerprint density at radius 2 is 1.91 bits per heavy atom. The van der Waals surface area contributed by atoms with Gasteiger partial charge in [0.1, 0.15) is 5.69 Å². The first-order valence-corrected chi connectivity index (χ1v) is 7.34. The number of anilines is 1. The quantitative estimate of drug-likeness (QED) is 0.911. The average molecular weight is 316 g/mol. The smallest absolute Gasteiger partial charge is 0.274 e. The fourth-order valence-corrected chi connectivity index (χ4v) is 2.16. The van der Waals surface area contributed by atoms with Crippen molar-refractivity contribution in [2.45, 2.75) is 18.9 Å². The molecule has 1 aliphatic carbocycles. The van der Waals surface area contributed by atoms with E-state index >= 15 is 0 Å². The molecule has 0 spiro atoms. The molecule has 1 fully saturated rings. The zero-order chi connectivity index (χ0) is 15.5. The highest BCUT2D eigenvalue weighted by Gasteiger charge is 2.25. The molecule has 0 atom stereocenters. The molecule has 5 nitrogen and oxygen atoms in total. The third-order valence-corrected chi connectivity index (χ3v) is 3.52. The molecule has 2 aromatic rings. The molecule has 1 aromatic heterocycles. The van der Waals surface area contributed by atoms with E-state index in [1.165, 1.54) is 12.3 Å². The van der Waals surface area contributed by atoms with Crippen LogP contribution in [0.3, 0.4) is 0 Å². The van der Waals surface area contributed by atoms with Crippen molar-refractivity contribution in [3.8, 4) is 0 Å². The van der Waals surface area contributed by atoms with Crippen molar-refractivity contribution in [2.75, 3.05) is 5.32 Å². The van der Waals surface area contributed by atoms with E-state index in [0.29, 0.717) is 16.3 Å². The summed E-state index contributed by atoms with van der Waals surface area (Å²) in [5.41, 5.74) is 1.09. The van der Waals surface area contributed by atoms with Crippen LogP contribution in [0.5, 0.6) is 0 Å². The molecule has 1 heterocycles. The molecule has 1 saturated carbocycles. The summed E-state index contributed by atoms with van der Waals surface area (Å²) in [6.07, 6.45) is 3.47. The Morgan fingerprint density at radius 3 is 2.64 bits per heavy atom.